The molecular weight excluding hydrogens is 346 g/mol. The number of rotatable bonds is 3. The van der Waals surface area contributed by atoms with Gasteiger partial charge >= 0.3 is 0 Å². The Hall–Kier alpha value is -2.54. The van der Waals surface area contributed by atoms with Crippen molar-refractivity contribution in [2.45, 2.75) is 43.8 Å². The maximum absolute atomic E-state index is 13.1. The summed E-state index contributed by atoms with van der Waals surface area (Å²) in [5.41, 5.74) is 1.63. The molecular formula is C19H19N5OS. The van der Waals surface area contributed by atoms with Gasteiger partial charge in [-0.1, -0.05) is 30.3 Å². The number of fused-ring (bicyclic) bond motifs is 2. The lowest BCUT2D eigenvalue weighted by Crippen LogP contribution is -2.47. The van der Waals surface area contributed by atoms with Gasteiger partial charge < -0.3 is 4.90 Å². The fourth-order valence-electron chi connectivity index (χ4n) is 4.30. The highest BCUT2D eigenvalue weighted by Crippen LogP contribution is 2.41. The Bertz CT molecular complexity index is 893. The maximum Gasteiger partial charge on any atom is 0.273 e. The topological polar surface area (TPSA) is 63.9 Å². The van der Waals surface area contributed by atoms with Crippen molar-refractivity contribution in [3.8, 4) is 10.6 Å². The molecule has 5 rings (SSSR count). The van der Waals surface area contributed by atoms with Crippen LogP contribution in [0.4, 0.5) is 0 Å². The third-order valence-corrected chi connectivity index (χ3v) is 6.34. The Morgan fingerprint density at radius 2 is 1.69 bits per heavy atom. The number of piperidine rings is 1. The van der Waals surface area contributed by atoms with Crippen molar-refractivity contribution in [3.63, 3.8) is 0 Å². The molecule has 4 heterocycles. The zero-order valence-corrected chi connectivity index (χ0v) is 15.0. The molecule has 2 atom stereocenters. The second kappa shape index (κ2) is 6.32. The molecule has 132 valence electrons. The number of nitrogens with zero attached hydrogens (tertiary/aromatic N) is 5. The summed E-state index contributed by atoms with van der Waals surface area (Å²) >= 11 is 1.53. The van der Waals surface area contributed by atoms with Crippen molar-refractivity contribution >= 4 is 17.2 Å². The average Bonchev–Trinajstić information content (AvgIpc) is 3.42. The average molecular weight is 365 g/mol. The number of aromatic nitrogens is 4. The van der Waals surface area contributed by atoms with E-state index in [-0.39, 0.29) is 18.0 Å². The van der Waals surface area contributed by atoms with E-state index in [2.05, 4.69) is 20.1 Å². The number of hydrogen-bond donors (Lipinski definition) is 0. The standard InChI is InChI=1S/C19H19N5OS/c25-19(17-12-26-18(22-17)13-4-2-1-3-5-13)23-14-6-7-15(23)11-16(10-14)24-20-8-9-21-24/h1-5,8-9,12,14-16H,6-7,10-11H2. The van der Waals surface area contributed by atoms with Crippen molar-refractivity contribution in [2.75, 3.05) is 0 Å². The SMILES string of the molecule is O=C(c1csc(-c2ccccc2)n1)N1C2CCC1CC(n1nccn1)C2. The van der Waals surface area contributed by atoms with E-state index in [0.717, 1.165) is 36.3 Å². The van der Waals surface area contributed by atoms with Gasteiger partial charge in [0.1, 0.15) is 10.7 Å². The van der Waals surface area contributed by atoms with Crippen molar-refractivity contribution in [1.82, 2.24) is 24.9 Å². The summed E-state index contributed by atoms with van der Waals surface area (Å²) in [6.07, 6.45) is 7.41. The molecule has 2 aliphatic rings. The van der Waals surface area contributed by atoms with Gasteiger partial charge in [0.2, 0.25) is 0 Å². The van der Waals surface area contributed by atoms with Gasteiger partial charge in [-0.25, -0.2) is 4.98 Å². The van der Waals surface area contributed by atoms with Gasteiger partial charge in [0.15, 0.2) is 0 Å². The van der Waals surface area contributed by atoms with E-state index in [1.54, 1.807) is 12.4 Å². The van der Waals surface area contributed by atoms with Crippen LogP contribution in [0.2, 0.25) is 0 Å². The van der Waals surface area contributed by atoms with E-state index in [1.807, 2.05) is 40.5 Å². The molecule has 2 fully saturated rings. The molecule has 2 aromatic heterocycles. The lowest BCUT2D eigenvalue weighted by molar-refractivity contribution is 0.0507. The number of thiazole rings is 1. The highest BCUT2D eigenvalue weighted by atomic mass is 32.1. The Morgan fingerprint density at radius 1 is 1.00 bits per heavy atom. The van der Waals surface area contributed by atoms with Crippen molar-refractivity contribution < 1.29 is 4.79 Å². The molecule has 2 unspecified atom stereocenters. The number of carbonyl (C=O) groups excluding carboxylic acids is 1. The first-order chi connectivity index (χ1) is 12.8. The quantitative estimate of drug-likeness (QED) is 0.713. The van der Waals surface area contributed by atoms with Crippen LogP contribution in [-0.2, 0) is 0 Å². The summed E-state index contributed by atoms with van der Waals surface area (Å²) in [6.45, 7) is 0. The van der Waals surface area contributed by atoms with Crippen LogP contribution in [0.3, 0.4) is 0 Å². The first-order valence-electron chi connectivity index (χ1n) is 8.99. The monoisotopic (exact) mass is 365 g/mol. The Kier molecular flexibility index (Phi) is 3.81. The summed E-state index contributed by atoms with van der Waals surface area (Å²) in [7, 11) is 0. The number of amides is 1. The van der Waals surface area contributed by atoms with E-state index in [1.165, 1.54) is 11.3 Å². The summed E-state index contributed by atoms with van der Waals surface area (Å²) in [4.78, 5) is 21.6. The highest BCUT2D eigenvalue weighted by Gasteiger charge is 2.44. The fraction of sp³-hybridized carbons (Fsp3) is 0.368. The van der Waals surface area contributed by atoms with E-state index >= 15 is 0 Å². The third-order valence-electron chi connectivity index (χ3n) is 5.45. The second-order valence-corrected chi connectivity index (χ2v) is 7.83. The van der Waals surface area contributed by atoms with E-state index in [0.29, 0.717) is 11.7 Å². The number of carbonyl (C=O) groups is 1. The molecule has 2 saturated heterocycles. The Labute approximate surface area is 155 Å². The lowest BCUT2D eigenvalue weighted by atomic mass is 9.97. The summed E-state index contributed by atoms with van der Waals surface area (Å²) in [5, 5.41) is 11.4. The van der Waals surface area contributed by atoms with E-state index in [4.69, 9.17) is 0 Å². The molecule has 0 spiro atoms. The minimum atomic E-state index is 0.0720. The van der Waals surface area contributed by atoms with Gasteiger partial charge in [-0.2, -0.15) is 15.0 Å². The number of hydrogen-bond acceptors (Lipinski definition) is 5. The second-order valence-electron chi connectivity index (χ2n) is 6.98. The fourth-order valence-corrected chi connectivity index (χ4v) is 5.10. The summed E-state index contributed by atoms with van der Waals surface area (Å²) < 4.78 is 0. The van der Waals surface area contributed by atoms with Crippen molar-refractivity contribution in [2.24, 2.45) is 0 Å². The van der Waals surface area contributed by atoms with Crippen LogP contribution in [0.5, 0.6) is 0 Å². The van der Waals surface area contributed by atoms with Crippen molar-refractivity contribution in [3.05, 3.63) is 53.8 Å². The summed E-state index contributed by atoms with van der Waals surface area (Å²) in [5.74, 6) is 0.0720. The van der Waals surface area contributed by atoms with Gasteiger partial charge in [-0.15, -0.1) is 11.3 Å². The first-order valence-corrected chi connectivity index (χ1v) is 9.87. The minimum Gasteiger partial charge on any atom is -0.331 e. The number of benzene rings is 1. The van der Waals surface area contributed by atoms with E-state index < -0.39 is 0 Å². The van der Waals surface area contributed by atoms with Crippen LogP contribution < -0.4 is 0 Å². The molecule has 1 amide bonds. The predicted molar refractivity (Wildman–Crippen MR) is 98.8 cm³/mol. The predicted octanol–water partition coefficient (Wildman–Crippen LogP) is 3.41. The van der Waals surface area contributed by atoms with Gasteiger partial charge in [0.25, 0.3) is 5.91 Å². The van der Waals surface area contributed by atoms with Gasteiger partial charge in [0, 0.05) is 23.0 Å². The molecule has 0 N–H and O–H groups in total. The van der Waals surface area contributed by atoms with Crippen LogP contribution in [0.15, 0.2) is 48.1 Å². The first kappa shape index (κ1) is 15.7. The molecule has 2 bridgehead atoms. The van der Waals surface area contributed by atoms with Crippen molar-refractivity contribution in [1.29, 1.82) is 0 Å². The lowest BCUT2D eigenvalue weighted by Gasteiger charge is -2.38. The normalized spacial score (nSPS) is 24.8. The highest BCUT2D eigenvalue weighted by molar-refractivity contribution is 7.13. The van der Waals surface area contributed by atoms with Crippen LogP contribution >= 0.6 is 11.3 Å². The zero-order chi connectivity index (χ0) is 17.5. The Balaban J connectivity index is 1.36. The molecule has 2 aliphatic heterocycles. The largest absolute Gasteiger partial charge is 0.331 e. The Morgan fingerprint density at radius 3 is 2.38 bits per heavy atom. The maximum atomic E-state index is 13.1. The smallest absolute Gasteiger partial charge is 0.273 e. The van der Waals surface area contributed by atoms with Crippen LogP contribution in [-0.4, -0.2) is 42.9 Å². The zero-order valence-electron chi connectivity index (χ0n) is 14.2. The van der Waals surface area contributed by atoms with Crippen LogP contribution in [0, 0.1) is 0 Å². The van der Waals surface area contributed by atoms with Gasteiger partial charge in [0.05, 0.1) is 18.4 Å². The third kappa shape index (κ3) is 2.63. The molecule has 7 heteroatoms. The summed E-state index contributed by atoms with van der Waals surface area (Å²) in [6, 6.07) is 10.8. The molecule has 0 aliphatic carbocycles. The molecule has 0 radical (unpaired) electrons. The molecule has 3 aromatic rings. The van der Waals surface area contributed by atoms with Gasteiger partial charge in [-0.3, -0.25) is 4.79 Å². The van der Waals surface area contributed by atoms with Gasteiger partial charge in [-0.05, 0) is 25.7 Å². The molecule has 1 aromatic carbocycles. The molecule has 6 nitrogen and oxygen atoms in total. The molecule has 0 saturated carbocycles. The van der Waals surface area contributed by atoms with Crippen LogP contribution in [0.1, 0.15) is 42.2 Å². The molecule has 26 heavy (non-hydrogen) atoms. The minimum absolute atomic E-state index is 0.0720. The van der Waals surface area contributed by atoms with E-state index in [9.17, 15) is 4.79 Å². The van der Waals surface area contributed by atoms with Crippen LogP contribution in [0.25, 0.3) is 10.6 Å².